The Morgan fingerprint density at radius 2 is 2.16 bits per heavy atom. The van der Waals surface area contributed by atoms with E-state index in [2.05, 4.69) is 20.9 Å². The SMILES string of the molecule is CC(c1ccc(Br)cc1F)N(C)C(=O)c1ccc[nH]1. The first kappa shape index (κ1) is 13.8. The van der Waals surface area contributed by atoms with E-state index in [0.29, 0.717) is 15.7 Å². The second-order valence-corrected chi connectivity index (χ2v) is 5.26. The lowest BCUT2D eigenvalue weighted by Gasteiger charge is -2.25. The minimum atomic E-state index is -0.344. The zero-order valence-electron chi connectivity index (χ0n) is 10.7. The number of aromatic nitrogens is 1. The summed E-state index contributed by atoms with van der Waals surface area (Å²) in [5.74, 6) is -0.493. The van der Waals surface area contributed by atoms with Gasteiger partial charge in [-0.3, -0.25) is 4.79 Å². The molecule has 1 aromatic heterocycles. The first-order chi connectivity index (χ1) is 9.00. The topological polar surface area (TPSA) is 36.1 Å². The van der Waals surface area contributed by atoms with Crippen LogP contribution in [0, 0.1) is 5.82 Å². The average molecular weight is 325 g/mol. The van der Waals surface area contributed by atoms with Gasteiger partial charge in [0.2, 0.25) is 0 Å². The molecule has 0 saturated heterocycles. The van der Waals surface area contributed by atoms with E-state index < -0.39 is 0 Å². The third kappa shape index (κ3) is 2.87. The zero-order valence-corrected chi connectivity index (χ0v) is 12.2. The molecule has 0 radical (unpaired) electrons. The highest BCUT2D eigenvalue weighted by Gasteiger charge is 2.21. The van der Waals surface area contributed by atoms with E-state index in [4.69, 9.17) is 0 Å². The number of aromatic amines is 1. The van der Waals surface area contributed by atoms with Crippen LogP contribution in [0.3, 0.4) is 0 Å². The van der Waals surface area contributed by atoms with Gasteiger partial charge in [0.1, 0.15) is 11.5 Å². The standard InChI is InChI=1S/C14H14BrFN2O/c1-9(11-6-5-10(15)8-12(11)16)18(2)14(19)13-4-3-7-17-13/h3-9,17H,1-2H3. The fraction of sp³-hybridized carbons (Fsp3) is 0.214. The quantitative estimate of drug-likeness (QED) is 0.917. The Morgan fingerprint density at radius 3 is 2.74 bits per heavy atom. The number of hydrogen-bond acceptors (Lipinski definition) is 1. The maximum atomic E-state index is 13.9. The van der Waals surface area contributed by atoms with Crippen molar-refractivity contribution in [3.05, 3.63) is 58.1 Å². The first-order valence-corrected chi connectivity index (χ1v) is 6.65. The molecule has 0 aliphatic heterocycles. The van der Waals surface area contributed by atoms with Crippen LogP contribution in [0.5, 0.6) is 0 Å². The third-order valence-corrected chi connectivity index (χ3v) is 3.64. The maximum Gasteiger partial charge on any atom is 0.270 e. The normalized spacial score (nSPS) is 12.2. The second-order valence-electron chi connectivity index (χ2n) is 4.34. The highest BCUT2D eigenvalue weighted by molar-refractivity contribution is 9.10. The molecule has 1 heterocycles. The third-order valence-electron chi connectivity index (χ3n) is 3.14. The van der Waals surface area contributed by atoms with Crippen molar-refractivity contribution in [2.75, 3.05) is 7.05 Å². The molecule has 1 amide bonds. The van der Waals surface area contributed by atoms with E-state index in [1.54, 1.807) is 44.4 Å². The van der Waals surface area contributed by atoms with Crippen molar-refractivity contribution in [3.63, 3.8) is 0 Å². The Kier molecular flexibility index (Phi) is 4.04. The molecule has 0 spiro atoms. The van der Waals surface area contributed by atoms with Crippen molar-refractivity contribution in [2.45, 2.75) is 13.0 Å². The summed E-state index contributed by atoms with van der Waals surface area (Å²) in [6.45, 7) is 1.80. The number of carbonyl (C=O) groups excluding carboxylic acids is 1. The maximum absolute atomic E-state index is 13.9. The molecule has 100 valence electrons. The van der Waals surface area contributed by atoms with Crippen molar-refractivity contribution in [1.29, 1.82) is 0 Å². The lowest BCUT2D eigenvalue weighted by atomic mass is 10.1. The van der Waals surface area contributed by atoms with Crippen LogP contribution in [0.1, 0.15) is 29.0 Å². The summed E-state index contributed by atoms with van der Waals surface area (Å²) in [6, 6.07) is 7.96. The van der Waals surface area contributed by atoms with Crippen molar-refractivity contribution in [1.82, 2.24) is 9.88 Å². The van der Waals surface area contributed by atoms with Gasteiger partial charge in [-0.2, -0.15) is 0 Å². The van der Waals surface area contributed by atoms with E-state index in [-0.39, 0.29) is 17.8 Å². The molecule has 2 aromatic rings. The first-order valence-electron chi connectivity index (χ1n) is 5.86. The van der Waals surface area contributed by atoms with E-state index in [9.17, 15) is 9.18 Å². The molecule has 19 heavy (non-hydrogen) atoms. The minimum absolute atomic E-state index is 0.167. The van der Waals surface area contributed by atoms with Crippen molar-refractivity contribution >= 4 is 21.8 Å². The van der Waals surface area contributed by atoms with Crippen molar-refractivity contribution in [2.24, 2.45) is 0 Å². The molecule has 0 aliphatic rings. The fourth-order valence-corrected chi connectivity index (χ4v) is 2.21. The zero-order chi connectivity index (χ0) is 14.0. The number of carbonyl (C=O) groups is 1. The highest BCUT2D eigenvalue weighted by Crippen LogP contribution is 2.25. The molecule has 1 aromatic carbocycles. The number of hydrogen-bond donors (Lipinski definition) is 1. The second kappa shape index (κ2) is 5.57. The number of amides is 1. The van der Waals surface area contributed by atoms with Gasteiger partial charge in [-0.25, -0.2) is 4.39 Å². The fourth-order valence-electron chi connectivity index (χ4n) is 1.88. The highest BCUT2D eigenvalue weighted by atomic mass is 79.9. The van der Waals surface area contributed by atoms with E-state index in [1.165, 1.54) is 11.0 Å². The lowest BCUT2D eigenvalue weighted by molar-refractivity contribution is 0.0735. The Hall–Kier alpha value is -1.62. The number of benzene rings is 1. The molecule has 5 heteroatoms. The van der Waals surface area contributed by atoms with Gasteiger partial charge in [0.25, 0.3) is 5.91 Å². The predicted molar refractivity (Wildman–Crippen MR) is 75.4 cm³/mol. The van der Waals surface area contributed by atoms with Crippen molar-refractivity contribution < 1.29 is 9.18 Å². The molecule has 1 N–H and O–H groups in total. The molecule has 1 atom stereocenters. The van der Waals surface area contributed by atoms with E-state index in [0.717, 1.165) is 0 Å². The molecule has 0 fully saturated rings. The smallest absolute Gasteiger partial charge is 0.270 e. The molecule has 2 rings (SSSR count). The van der Waals surface area contributed by atoms with Gasteiger partial charge in [-0.15, -0.1) is 0 Å². The summed E-state index contributed by atoms with van der Waals surface area (Å²) >= 11 is 3.22. The Bertz CT molecular complexity index is 583. The van der Waals surface area contributed by atoms with Gasteiger partial charge in [0.15, 0.2) is 0 Å². The van der Waals surface area contributed by atoms with Gasteiger partial charge in [0, 0.05) is 23.3 Å². The van der Waals surface area contributed by atoms with Crippen molar-refractivity contribution in [3.8, 4) is 0 Å². The summed E-state index contributed by atoms with van der Waals surface area (Å²) in [6.07, 6.45) is 1.69. The Labute approximate surface area is 119 Å². The molecule has 0 aliphatic carbocycles. The van der Waals surface area contributed by atoms with E-state index in [1.807, 2.05) is 0 Å². The molecule has 1 unspecified atom stereocenters. The van der Waals surface area contributed by atoms with E-state index >= 15 is 0 Å². The van der Waals surface area contributed by atoms with Crippen LogP contribution >= 0.6 is 15.9 Å². The van der Waals surface area contributed by atoms with Crippen LogP contribution in [0.2, 0.25) is 0 Å². The monoisotopic (exact) mass is 324 g/mol. The molecular weight excluding hydrogens is 311 g/mol. The average Bonchev–Trinajstić information content (AvgIpc) is 2.90. The van der Waals surface area contributed by atoms with Crippen LogP contribution in [-0.2, 0) is 0 Å². The van der Waals surface area contributed by atoms with Crippen LogP contribution in [0.25, 0.3) is 0 Å². The minimum Gasteiger partial charge on any atom is -0.357 e. The summed E-state index contributed by atoms with van der Waals surface area (Å²) in [5, 5.41) is 0. The number of nitrogens with one attached hydrogen (secondary N) is 1. The molecular formula is C14H14BrFN2O. The lowest BCUT2D eigenvalue weighted by Crippen LogP contribution is -2.30. The largest absolute Gasteiger partial charge is 0.357 e. The summed E-state index contributed by atoms with van der Waals surface area (Å²) in [7, 11) is 1.66. The summed E-state index contributed by atoms with van der Waals surface area (Å²) < 4.78 is 14.6. The molecule has 3 nitrogen and oxygen atoms in total. The van der Waals surface area contributed by atoms with Gasteiger partial charge in [-0.05, 0) is 31.2 Å². The van der Waals surface area contributed by atoms with Gasteiger partial charge < -0.3 is 9.88 Å². The van der Waals surface area contributed by atoms with Crippen LogP contribution in [0.4, 0.5) is 4.39 Å². The Balaban J connectivity index is 2.23. The van der Waals surface area contributed by atoms with Gasteiger partial charge in [0.05, 0.1) is 6.04 Å². The molecule has 0 saturated carbocycles. The van der Waals surface area contributed by atoms with Crippen LogP contribution < -0.4 is 0 Å². The number of rotatable bonds is 3. The number of H-pyrrole nitrogens is 1. The summed E-state index contributed by atoms with van der Waals surface area (Å²) in [5.41, 5.74) is 0.984. The van der Waals surface area contributed by atoms with Gasteiger partial charge in [-0.1, -0.05) is 22.0 Å². The van der Waals surface area contributed by atoms with Crippen LogP contribution in [0.15, 0.2) is 41.0 Å². The predicted octanol–water partition coefficient (Wildman–Crippen LogP) is 3.75. The van der Waals surface area contributed by atoms with Crippen LogP contribution in [-0.4, -0.2) is 22.8 Å². The number of nitrogens with zero attached hydrogens (tertiary/aromatic N) is 1. The van der Waals surface area contributed by atoms with Gasteiger partial charge >= 0.3 is 0 Å². The molecule has 0 bridgehead atoms. The summed E-state index contributed by atoms with van der Waals surface area (Å²) in [4.78, 5) is 16.5. The Morgan fingerprint density at radius 1 is 1.42 bits per heavy atom. The number of halogens is 2.